The third-order valence-electron chi connectivity index (χ3n) is 6.21. The first-order valence-electron chi connectivity index (χ1n) is 8.79. The Morgan fingerprint density at radius 2 is 1.92 bits per heavy atom. The minimum atomic E-state index is -0.686. The van der Waals surface area contributed by atoms with Crippen LogP contribution in [0.1, 0.15) is 59.5 Å². The summed E-state index contributed by atoms with van der Waals surface area (Å²) in [6, 6.07) is 3.06. The van der Waals surface area contributed by atoms with Crippen LogP contribution in [0.4, 0.5) is 0 Å². The Balaban J connectivity index is 1.50. The number of aromatic nitrogens is 3. The summed E-state index contributed by atoms with van der Waals surface area (Å²) >= 11 is 0. The molecule has 2 aromatic heterocycles. The van der Waals surface area contributed by atoms with Gasteiger partial charge in [-0.15, -0.1) is 0 Å². The number of hydrogen-bond acceptors (Lipinski definition) is 5. The smallest absolute Gasteiger partial charge is 0.309 e. The number of nitrogens with one attached hydrogen (secondary N) is 1. The summed E-state index contributed by atoms with van der Waals surface area (Å²) in [4.78, 5) is 39.4. The van der Waals surface area contributed by atoms with Gasteiger partial charge in [0.05, 0.1) is 11.6 Å². The van der Waals surface area contributed by atoms with Crippen LogP contribution in [0, 0.1) is 10.8 Å². The molecule has 0 radical (unpaired) electrons. The summed E-state index contributed by atoms with van der Waals surface area (Å²) < 4.78 is 1.41. The molecule has 3 aliphatic carbocycles. The molecule has 0 aromatic carbocycles. The van der Waals surface area contributed by atoms with E-state index < -0.39 is 11.4 Å². The first-order valence-corrected chi connectivity index (χ1v) is 8.79. The Bertz CT molecular complexity index is 879. The number of nitrogens with zero attached hydrogens (tertiary/aromatic N) is 3. The van der Waals surface area contributed by atoms with E-state index in [4.69, 9.17) is 0 Å². The number of carboxylic acid groups (broad SMARTS) is 1. The van der Waals surface area contributed by atoms with E-state index in [2.05, 4.69) is 15.4 Å². The van der Waals surface area contributed by atoms with Crippen molar-refractivity contribution in [3.63, 3.8) is 0 Å². The van der Waals surface area contributed by atoms with Gasteiger partial charge >= 0.3 is 5.97 Å². The third-order valence-corrected chi connectivity index (χ3v) is 6.21. The van der Waals surface area contributed by atoms with Crippen molar-refractivity contribution in [1.29, 1.82) is 0 Å². The summed E-state index contributed by atoms with van der Waals surface area (Å²) in [5, 5.41) is 16.5. The van der Waals surface area contributed by atoms with E-state index in [-0.39, 0.29) is 22.7 Å². The molecule has 1 amide bonds. The first kappa shape index (κ1) is 16.7. The minimum absolute atomic E-state index is 0.0311. The number of carboxylic acids is 1. The van der Waals surface area contributed by atoms with Crippen LogP contribution in [-0.2, 0) is 4.79 Å². The zero-order valence-corrected chi connectivity index (χ0v) is 14.3. The van der Waals surface area contributed by atoms with Crippen molar-refractivity contribution < 1.29 is 19.5 Å². The monoisotopic (exact) mass is 356 g/mol. The lowest BCUT2D eigenvalue weighted by molar-refractivity contribution is -0.158. The minimum Gasteiger partial charge on any atom is -0.481 e. The summed E-state index contributed by atoms with van der Waals surface area (Å²) in [5.74, 6) is -0.992. The van der Waals surface area contributed by atoms with Gasteiger partial charge < -0.3 is 10.4 Å². The molecule has 0 saturated heterocycles. The first-order chi connectivity index (χ1) is 12.5. The molecule has 8 nitrogen and oxygen atoms in total. The summed E-state index contributed by atoms with van der Waals surface area (Å²) in [6.45, 7) is 0.503. The fourth-order valence-corrected chi connectivity index (χ4v) is 4.36. The highest BCUT2D eigenvalue weighted by molar-refractivity contribution is 5.94. The summed E-state index contributed by atoms with van der Waals surface area (Å²) in [5.41, 5.74) is 0.306. The van der Waals surface area contributed by atoms with Gasteiger partial charge in [0.25, 0.3) is 5.91 Å². The number of rotatable bonds is 5. The molecular weight excluding hydrogens is 336 g/mol. The second-order valence-corrected chi connectivity index (χ2v) is 7.55. The van der Waals surface area contributed by atoms with Gasteiger partial charge in [-0.3, -0.25) is 14.4 Å². The van der Waals surface area contributed by atoms with Crippen molar-refractivity contribution in [3.8, 4) is 0 Å². The molecule has 3 saturated carbocycles. The lowest BCUT2D eigenvalue weighted by atomic mass is 9.53. The zero-order valence-electron chi connectivity index (χ0n) is 14.3. The third kappa shape index (κ3) is 2.56. The van der Waals surface area contributed by atoms with E-state index in [0.29, 0.717) is 37.7 Å². The van der Waals surface area contributed by atoms with Gasteiger partial charge in [0, 0.05) is 12.6 Å². The van der Waals surface area contributed by atoms with Crippen molar-refractivity contribution >= 4 is 23.8 Å². The normalized spacial score (nSPS) is 27.4. The highest BCUT2D eigenvalue weighted by Gasteiger charge is 2.52. The van der Waals surface area contributed by atoms with Crippen molar-refractivity contribution in [2.24, 2.45) is 10.8 Å². The molecule has 0 spiro atoms. The number of hydrogen-bond donors (Lipinski definition) is 2. The molecule has 2 bridgehead atoms. The van der Waals surface area contributed by atoms with E-state index in [1.54, 1.807) is 6.07 Å². The van der Waals surface area contributed by atoms with Crippen LogP contribution in [0.3, 0.4) is 0 Å². The SMILES string of the molecule is O=Cc1cc(C(=O)NCC23CCC(C(=O)O)(CC2)CC3)n2nccc2n1. The van der Waals surface area contributed by atoms with Gasteiger partial charge in [-0.05, 0) is 50.0 Å². The quantitative estimate of drug-likeness (QED) is 0.788. The van der Waals surface area contributed by atoms with Gasteiger partial charge in [0.1, 0.15) is 11.4 Å². The predicted octanol–water partition coefficient (Wildman–Crippen LogP) is 1.70. The molecular formula is C18H20N4O4. The zero-order chi connectivity index (χ0) is 18.4. The summed E-state index contributed by atoms with van der Waals surface area (Å²) in [7, 11) is 0. The van der Waals surface area contributed by atoms with Crippen molar-refractivity contribution in [2.45, 2.75) is 38.5 Å². The topological polar surface area (TPSA) is 114 Å². The second kappa shape index (κ2) is 5.89. The van der Waals surface area contributed by atoms with E-state index in [1.165, 1.54) is 16.8 Å². The Morgan fingerprint density at radius 3 is 2.54 bits per heavy atom. The molecule has 136 valence electrons. The van der Waals surface area contributed by atoms with Crippen LogP contribution < -0.4 is 5.32 Å². The van der Waals surface area contributed by atoms with Gasteiger partial charge in [-0.1, -0.05) is 0 Å². The molecule has 5 rings (SSSR count). The molecule has 0 atom stereocenters. The maximum absolute atomic E-state index is 12.7. The number of amides is 1. The van der Waals surface area contributed by atoms with Crippen LogP contribution in [0.2, 0.25) is 0 Å². The van der Waals surface area contributed by atoms with Crippen molar-refractivity contribution in [2.75, 3.05) is 6.54 Å². The molecule has 3 aliphatic rings. The number of aldehydes is 1. The van der Waals surface area contributed by atoms with Crippen LogP contribution in [0.15, 0.2) is 18.3 Å². The fraction of sp³-hybridized carbons (Fsp3) is 0.500. The Hall–Kier alpha value is -2.77. The lowest BCUT2D eigenvalue weighted by Crippen LogP contribution is -2.50. The van der Waals surface area contributed by atoms with E-state index >= 15 is 0 Å². The van der Waals surface area contributed by atoms with Crippen LogP contribution in [0.5, 0.6) is 0 Å². The molecule has 2 N–H and O–H groups in total. The molecule has 2 aromatic rings. The summed E-state index contributed by atoms with van der Waals surface area (Å²) in [6.07, 6.45) is 6.59. The Kier molecular flexibility index (Phi) is 3.78. The molecule has 3 fully saturated rings. The molecule has 8 heteroatoms. The Morgan fingerprint density at radius 1 is 1.23 bits per heavy atom. The lowest BCUT2D eigenvalue weighted by Gasteiger charge is -2.51. The van der Waals surface area contributed by atoms with Gasteiger partial charge in [-0.25, -0.2) is 9.50 Å². The predicted molar refractivity (Wildman–Crippen MR) is 90.9 cm³/mol. The van der Waals surface area contributed by atoms with Gasteiger partial charge in [0.2, 0.25) is 0 Å². The van der Waals surface area contributed by atoms with E-state index in [1.807, 2.05) is 0 Å². The second-order valence-electron chi connectivity index (χ2n) is 7.55. The highest BCUT2D eigenvalue weighted by atomic mass is 16.4. The fourth-order valence-electron chi connectivity index (χ4n) is 4.36. The number of carbonyl (C=O) groups is 3. The van der Waals surface area contributed by atoms with Crippen LogP contribution in [-0.4, -0.2) is 44.4 Å². The number of fused-ring (bicyclic) bond motifs is 4. The molecule has 2 heterocycles. The van der Waals surface area contributed by atoms with Crippen molar-refractivity contribution in [1.82, 2.24) is 19.9 Å². The van der Waals surface area contributed by atoms with Crippen molar-refractivity contribution in [3.05, 3.63) is 29.7 Å². The Labute approximate surface area is 149 Å². The maximum Gasteiger partial charge on any atom is 0.309 e. The number of carbonyl (C=O) groups excluding carboxylic acids is 2. The molecule has 0 unspecified atom stereocenters. The van der Waals surface area contributed by atoms with E-state index in [0.717, 1.165) is 19.3 Å². The van der Waals surface area contributed by atoms with Crippen LogP contribution in [0.25, 0.3) is 5.65 Å². The maximum atomic E-state index is 12.7. The number of aliphatic carboxylic acids is 1. The van der Waals surface area contributed by atoms with Crippen LogP contribution >= 0.6 is 0 Å². The largest absolute Gasteiger partial charge is 0.481 e. The molecule has 26 heavy (non-hydrogen) atoms. The standard InChI is InChI=1S/C18H20N4O4/c23-10-12-9-13(22-14(21-12)1-8-20-22)15(24)19-11-17-2-5-18(6-3-17,7-4-17)16(25)26/h1,8-10H,2-7,11H2,(H,19,24)(H,25,26). The van der Waals surface area contributed by atoms with E-state index in [9.17, 15) is 19.5 Å². The highest BCUT2D eigenvalue weighted by Crippen LogP contribution is 2.56. The van der Waals surface area contributed by atoms with Gasteiger partial charge in [0.15, 0.2) is 11.9 Å². The average Bonchev–Trinajstić information content (AvgIpc) is 3.15. The van der Waals surface area contributed by atoms with Gasteiger partial charge in [-0.2, -0.15) is 5.10 Å². The molecule has 0 aliphatic heterocycles. The average molecular weight is 356 g/mol.